The Morgan fingerprint density at radius 3 is 2.32 bits per heavy atom. The van der Waals surface area contributed by atoms with Crippen LogP contribution in [-0.2, 0) is 6.54 Å². The summed E-state index contributed by atoms with van der Waals surface area (Å²) >= 11 is 5.86. The number of rotatable bonds is 5. The lowest BCUT2D eigenvalue weighted by atomic mass is 10.2. The topological polar surface area (TPSA) is 49.8 Å². The Balaban J connectivity index is 2.07. The van der Waals surface area contributed by atoms with E-state index in [1.54, 1.807) is 6.33 Å². The molecule has 0 radical (unpaired) electrons. The molecule has 0 bridgehead atoms. The van der Waals surface area contributed by atoms with Gasteiger partial charge in [-0.2, -0.15) is 0 Å². The molecule has 19 heavy (non-hydrogen) atoms. The maximum Gasteiger partial charge on any atom is 0.134 e. The third-order valence-electron chi connectivity index (χ3n) is 2.80. The molecule has 100 valence electrons. The van der Waals surface area contributed by atoms with Gasteiger partial charge in [0.15, 0.2) is 0 Å². The van der Waals surface area contributed by atoms with Crippen LogP contribution < -0.4 is 10.6 Å². The van der Waals surface area contributed by atoms with Crippen molar-refractivity contribution in [3.8, 4) is 0 Å². The summed E-state index contributed by atoms with van der Waals surface area (Å²) in [7, 11) is 0. The molecule has 1 aromatic carbocycles. The van der Waals surface area contributed by atoms with Crippen molar-refractivity contribution in [1.82, 2.24) is 9.97 Å². The van der Waals surface area contributed by atoms with Gasteiger partial charge in [0.05, 0.1) is 0 Å². The van der Waals surface area contributed by atoms with E-state index in [9.17, 15) is 0 Å². The molecule has 0 fully saturated rings. The largest absolute Gasteiger partial charge is 0.370 e. The van der Waals surface area contributed by atoms with Crippen molar-refractivity contribution in [3.63, 3.8) is 0 Å². The van der Waals surface area contributed by atoms with Crippen molar-refractivity contribution in [2.24, 2.45) is 0 Å². The lowest BCUT2D eigenvalue weighted by Gasteiger charge is -2.12. The van der Waals surface area contributed by atoms with Gasteiger partial charge in [0.2, 0.25) is 0 Å². The Morgan fingerprint density at radius 1 is 1.05 bits per heavy atom. The van der Waals surface area contributed by atoms with Crippen molar-refractivity contribution in [2.75, 3.05) is 17.2 Å². The van der Waals surface area contributed by atoms with Crippen molar-refractivity contribution in [3.05, 3.63) is 46.7 Å². The molecule has 5 heteroatoms. The first-order chi connectivity index (χ1) is 9.20. The average molecular weight is 277 g/mol. The van der Waals surface area contributed by atoms with Crippen LogP contribution in [0, 0.1) is 6.92 Å². The quantitative estimate of drug-likeness (QED) is 0.878. The van der Waals surface area contributed by atoms with Crippen molar-refractivity contribution in [1.29, 1.82) is 0 Å². The normalized spacial score (nSPS) is 10.3. The summed E-state index contributed by atoms with van der Waals surface area (Å²) in [6.45, 7) is 5.60. The molecule has 2 aromatic rings. The first-order valence-corrected chi connectivity index (χ1v) is 6.62. The molecule has 0 spiro atoms. The smallest absolute Gasteiger partial charge is 0.134 e. The second-order valence-electron chi connectivity index (χ2n) is 4.21. The van der Waals surface area contributed by atoms with E-state index in [0.29, 0.717) is 6.54 Å². The zero-order valence-electron chi connectivity index (χ0n) is 11.1. The molecule has 1 aromatic heterocycles. The van der Waals surface area contributed by atoms with Gasteiger partial charge < -0.3 is 10.6 Å². The zero-order chi connectivity index (χ0) is 13.7. The van der Waals surface area contributed by atoms with E-state index in [1.165, 1.54) is 0 Å². The van der Waals surface area contributed by atoms with Crippen LogP contribution >= 0.6 is 11.6 Å². The summed E-state index contributed by atoms with van der Waals surface area (Å²) in [5.41, 5.74) is 2.19. The molecule has 0 atom stereocenters. The molecule has 2 rings (SSSR count). The van der Waals surface area contributed by atoms with E-state index < -0.39 is 0 Å². The summed E-state index contributed by atoms with van der Waals surface area (Å²) < 4.78 is 0. The van der Waals surface area contributed by atoms with E-state index in [0.717, 1.165) is 34.3 Å². The van der Waals surface area contributed by atoms with Gasteiger partial charge in [-0.05, 0) is 31.5 Å². The van der Waals surface area contributed by atoms with E-state index in [4.69, 9.17) is 11.6 Å². The van der Waals surface area contributed by atoms with Gasteiger partial charge in [0, 0.05) is 23.7 Å². The van der Waals surface area contributed by atoms with Crippen LogP contribution in [0.1, 0.15) is 18.1 Å². The second-order valence-corrected chi connectivity index (χ2v) is 4.64. The molecule has 1 heterocycles. The van der Waals surface area contributed by atoms with Crippen molar-refractivity contribution < 1.29 is 0 Å². The summed E-state index contributed by atoms with van der Waals surface area (Å²) in [4.78, 5) is 8.48. The van der Waals surface area contributed by atoms with Crippen LogP contribution in [0.25, 0.3) is 0 Å². The third-order valence-corrected chi connectivity index (χ3v) is 3.05. The maximum absolute atomic E-state index is 5.86. The Hall–Kier alpha value is -1.81. The van der Waals surface area contributed by atoms with Crippen LogP contribution in [-0.4, -0.2) is 16.5 Å². The fourth-order valence-corrected chi connectivity index (χ4v) is 1.89. The van der Waals surface area contributed by atoms with Gasteiger partial charge in [0.25, 0.3) is 0 Å². The molecule has 0 unspecified atom stereocenters. The Morgan fingerprint density at radius 2 is 1.68 bits per heavy atom. The highest BCUT2D eigenvalue weighted by molar-refractivity contribution is 6.30. The number of benzene rings is 1. The summed E-state index contributed by atoms with van der Waals surface area (Å²) in [6, 6.07) is 7.76. The minimum atomic E-state index is 0.709. The molecule has 0 saturated carbocycles. The maximum atomic E-state index is 5.86. The minimum Gasteiger partial charge on any atom is -0.370 e. The zero-order valence-corrected chi connectivity index (χ0v) is 11.8. The Bertz CT molecular complexity index is 540. The summed E-state index contributed by atoms with van der Waals surface area (Å²) in [6.07, 6.45) is 1.56. The monoisotopic (exact) mass is 276 g/mol. The van der Waals surface area contributed by atoms with E-state index >= 15 is 0 Å². The molecule has 0 aliphatic rings. The van der Waals surface area contributed by atoms with E-state index in [2.05, 4.69) is 20.6 Å². The number of hydrogen-bond acceptors (Lipinski definition) is 4. The molecule has 4 nitrogen and oxygen atoms in total. The van der Waals surface area contributed by atoms with Crippen LogP contribution in [0.3, 0.4) is 0 Å². The molecule has 2 N–H and O–H groups in total. The van der Waals surface area contributed by atoms with Gasteiger partial charge in [-0.3, -0.25) is 0 Å². The Kier molecular flexibility index (Phi) is 4.58. The van der Waals surface area contributed by atoms with Crippen molar-refractivity contribution in [2.45, 2.75) is 20.4 Å². The van der Waals surface area contributed by atoms with Crippen LogP contribution in [0.2, 0.25) is 5.02 Å². The number of anilines is 2. The summed E-state index contributed by atoms with van der Waals surface area (Å²) in [5.74, 6) is 1.72. The third kappa shape index (κ3) is 3.58. The van der Waals surface area contributed by atoms with Crippen LogP contribution in [0.15, 0.2) is 30.6 Å². The van der Waals surface area contributed by atoms with Gasteiger partial charge >= 0.3 is 0 Å². The van der Waals surface area contributed by atoms with E-state index in [-0.39, 0.29) is 0 Å². The highest BCUT2D eigenvalue weighted by atomic mass is 35.5. The van der Waals surface area contributed by atoms with E-state index in [1.807, 2.05) is 38.1 Å². The molecular formula is C14H17ClN4. The molecule has 0 amide bonds. The van der Waals surface area contributed by atoms with Crippen LogP contribution in [0.5, 0.6) is 0 Å². The molecule has 0 aliphatic carbocycles. The predicted octanol–water partition coefficient (Wildman–Crippen LogP) is 3.48. The SMILES string of the molecule is CCNc1ncnc(NCc2ccc(Cl)cc2)c1C. The minimum absolute atomic E-state index is 0.709. The van der Waals surface area contributed by atoms with Crippen LogP contribution in [0.4, 0.5) is 11.6 Å². The number of aromatic nitrogens is 2. The first kappa shape index (κ1) is 13.6. The van der Waals surface area contributed by atoms with Gasteiger partial charge in [0.1, 0.15) is 18.0 Å². The molecule has 0 aliphatic heterocycles. The molecule has 0 saturated heterocycles. The number of hydrogen-bond donors (Lipinski definition) is 2. The van der Waals surface area contributed by atoms with Gasteiger partial charge in [-0.25, -0.2) is 9.97 Å². The summed E-state index contributed by atoms with van der Waals surface area (Å²) in [5, 5.41) is 7.27. The highest BCUT2D eigenvalue weighted by Gasteiger charge is 2.05. The van der Waals surface area contributed by atoms with Gasteiger partial charge in [-0.1, -0.05) is 23.7 Å². The molecular weight excluding hydrogens is 260 g/mol. The lowest BCUT2D eigenvalue weighted by molar-refractivity contribution is 1.04. The number of nitrogens with zero attached hydrogens (tertiary/aromatic N) is 2. The lowest BCUT2D eigenvalue weighted by Crippen LogP contribution is -2.08. The second kappa shape index (κ2) is 6.38. The average Bonchev–Trinajstić information content (AvgIpc) is 2.42. The van der Waals surface area contributed by atoms with Crippen molar-refractivity contribution >= 4 is 23.2 Å². The standard InChI is InChI=1S/C14H17ClN4/c1-3-16-13-10(2)14(19-9-18-13)17-8-11-4-6-12(15)7-5-11/h4-7,9H,3,8H2,1-2H3,(H2,16,17,18,19). The predicted molar refractivity (Wildman–Crippen MR) is 79.7 cm³/mol. The number of halogens is 1. The Labute approximate surface area is 118 Å². The van der Waals surface area contributed by atoms with Gasteiger partial charge in [-0.15, -0.1) is 0 Å². The highest BCUT2D eigenvalue weighted by Crippen LogP contribution is 2.19. The number of nitrogens with one attached hydrogen (secondary N) is 2. The fraction of sp³-hybridized carbons (Fsp3) is 0.286. The first-order valence-electron chi connectivity index (χ1n) is 6.24. The fourth-order valence-electron chi connectivity index (χ4n) is 1.76.